The molecular formula is C11H15F3N2O. The number of benzene rings is 1. The Labute approximate surface area is 97.8 Å². The van der Waals surface area contributed by atoms with E-state index in [9.17, 15) is 13.2 Å². The number of hydrogen-bond acceptors (Lipinski definition) is 3. The minimum atomic E-state index is -4.34. The van der Waals surface area contributed by atoms with Gasteiger partial charge in [-0.2, -0.15) is 13.2 Å². The highest BCUT2D eigenvalue weighted by molar-refractivity contribution is 5.56. The molecule has 0 spiro atoms. The number of hydrogen-bond donors (Lipinski definition) is 2. The Morgan fingerprint density at radius 3 is 2.59 bits per heavy atom. The van der Waals surface area contributed by atoms with E-state index >= 15 is 0 Å². The van der Waals surface area contributed by atoms with Crippen molar-refractivity contribution in [1.82, 2.24) is 0 Å². The van der Waals surface area contributed by atoms with Crippen molar-refractivity contribution >= 4 is 5.69 Å². The highest BCUT2D eigenvalue weighted by Crippen LogP contribution is 2.26. The lowest BCUT2D eigenvalue weighted by Crippen LogP contribution is -2.26. The van der Waals surface area contributed by atoms with Gasteiger partial charge in [-0.15, -0.1) is 0 Å². The molecule has 1 unspecified atom stereocenters. The average molecular weight is 248 g/mol. The van der Waals surface area contributed by atoms with E-state index in [1.54, 1.807) is 18.2 Å². The Morgan fingerprint density at radius 1 is 1.35 bits per heavy atom. The number of anilines is 1. The summed E-state index contributed by atoms with van der Waals surface area (Å²) in [6.45, 7) is 0.914. The molecule has 3 N–H and O–H groups in total. The summed E-state index contributed by atoms with van der Waals surface area (Å²) in [5, 5.41) is 2.98. The van der Waals surface area contributed by atoms with Crippen LogP contribution in [0.25, 0.3) is 0 Å². The van der Waals surface area contributed by atoms with Crippen molar-refractivity contribution in [2.45, 2.75) is 19.1 Å². The van der Waals surface area contributed by atoms with Gasteiger partial charge in [0.05, 0.1) is 5.69 Å². The Hall–Kier alpha value is -1.43. The molecule has 0 amide bonds. The predicted molar refractivity (Wildman–Crippen MR) is 60.1 cm³/mol. The van der Waals surface area contributed by atoms with Gasteiger partial charge in [0.25, 0.3) is 0 Å². The molecule has 1 rings (SSSR count). The zero-order valence-electron chi connectivity index (χ0n) is 9.42. The fourth-order valence-corrected chi connectivity index (χ4v) is 1.20. The summed E-state index contributed by atoms with van der Waals surface area (Å²) in [6.07, 6.45) is -4.34. The van der Waals surface area contributed by atoms with Gasteiger partial charge in [-0.1, -0.05) is 12.1 Å². The molecule has 0 heterocycles. The van der Waals surface area contributed by atoms with Crippen molar-refractivity contribution in [3.05, 3.63) is 24.3 Å². The number of ether oxygens (including phenoxy) is 1. The van der Waals surface area contributed by atoms with Gasteiger partial charge < -0.3 is 15.8 Å². The predicted octanol–water partition coefficient (Wildman–Crippen LogP) is 2.39. The normalized spacial score (nSPS) is 13.2. The van der Waals surface area contributed by atoms with Gasteiger partial charge in [0.2, 0.25) is 0 Å². The van der Waals surface area contributed by atoms with Crippen LogP contribution in [0.1, 0.15) is 6.92 Å². The Kier molecular flexibility index (Phi) is 4.62. The van der Waals surface area contributed by atoms with Crippen molar-refractivity contribution in [2.75, 3.05) is 18.5 Å². The number of nitrogens with two attached hydrogens (primary N) is 1. The summed E-state index contributed by atoms with van der Waals surface area (Å²) in [7, 11) is 0. The molecule has 0 aliphatic carbocycles. The molecule has 0 fully saturated rings. The third-order valence-electron chi connectivity index (χ3n) is 2.03. The Balaban J connectivity index is 2.70. The molecule has 3 nitrogen and oxygen atoms in total. The van der Waals surface area contributed by atoms with Gasteiger partial charge >= 0.3 is 6.18 Å². The highest BCUT2D eigenvalue weighted by atomic mass is 19.4. The second kappa shape index (κ2) is 5.77. The zero-order valence-corrected chi connectivity index (χ0v) is 9.42. The standard InChI is InChI=1S/C11H15F3N2O/c1-8(6-15)16-9-4-2-3-5-10(9)17-7-11(12,13)14/h2-5,8,16H,6-7,15H2,1H3. The Morgan fingerprint density at radius 2 is 2.00 bits per heavy atom. The molecule has 0 aromatic heterocycles. The molecule has 0 radical (unpaired) electrons. The molecule has 6 heteroatoms. The maximum Gasteiger partial charge on any atom is 0.422 e. The van der Waals surface area contributed by atoms with Crippen LogP contribution in [0.5, 0.6) is 5.75 Å². The van der Waals surface area contributed by atoms with E-state index in [0.29, 0.717) is 12.2 Å². The molecule has 96 valence electrons. The van der Waals surface area contributed by atoms with Crippen molar-refractivity contribution < 1.29 is 17.9 Å². The second-order valence-corrected chi connectivity index (χ2v) is 3.68. The van der Waals surface area contributed by atoms with E-state index in [-0.39, 0.29) is 11.8 Å². The quantitative estimate of drug-likeness (QED) is 0.841. The van der Waals surface area contributed by atoms with Crippen molar-refractivity contribution in [3.63, 3.8) is 0 Å². The lowest BCUT2D eigenvalue weighted by Gasteiger charge is -2.17. The lowest BCUT2D eigenvalue weighted by atomic mass is 10.2. The first kappa shape index (κ1) is 13.6. The largest absolute Gasteiger partial charge is 0.482 e. The fourth-order valence-electron chi connectivity index (χ4n) is 1.20. The summed E-state index contributed by atoms with van der Waals surface area (Å²) >= 11 is 0. The molecule has 0 bridgehead atoms. The van der Waals surface area contributed by atoms with Gasteiger partial charge in [-0.05, 0) is 19.1 Å². The number of rotatable bonds is 5. The van der Waals surface area contributed by atoms with Crippen molar-refractivity contribution in [3.8, 4) is 5.75 Å². The molecule has 0 aliphatic heterocycles. The molecule has 17 heavy (non-hydrogen) atoms. The maximum atomic E-state index is 12.0. The van der Waals surface area contributed by atoms with Crippen LogP contribution in [-0.4, -0.2) is 25.4 Å². The van der Waals surface area contributed by atoms with Crippen LogP contribution in [0, 0.1) is 0 Å². The van der Waals surface area contributed by atoms with Crippen LogP contribution in [0.2, 0.25) is 0 Å². The van der Waals surface area contributed by atoms with Gasteiger partial charge in [-0.3, -0.25) is 0 Å². The summed E-state index contributed by atoms with van der Waals surface area (Å²) in [4.78, 5) is 0. The van der Waals surface area contributed by atoms with E-state index in [1.807, 2.05) is 6.92 Å². The third-order valence-corrected chi connectivity index (χ3v) is 2.03. The number of halogens is 3. The van der Waals surface area contributed by atoms with E-state index < -0.39 is 12.8 Å². The van der Waals surface area contributed by atoms with Gasteiger partial charge in [-0.25, -0.2) is 0 Å². The first-order valence-corrected chi connectivity index (χ1v) is 5.17. The smallest absolute Gasteiger partial charge is 0.422 e. The molecule has 1 aromatic carbocycles. The Bertz CT molecular complexity index is 355. The van der Waals surface area contributed by atoms with Crippen LogP contribution in [0.3, 0.4) is 0 Å². The topological polar surface area (TPSA) is 47.3 Å². The van der Waals surface area contributed by atoms with Crippen molar-refractivity contribution in [2.24, 2.45) is 5.73 Å². The van der Waals surface area contributed by atoms with Crippen LogP contribution < -0.4 is 15.8 Å². The number of alkyl halides is 3. The summed E-state index contributed by atoms with van der Waals surface area (Å²) in [5.41, 5.74) is 5.94. The van der Waals surface area contributed by atoms with Gasteiger partial charge in [0.15, 0.2) is 6.61 Å². The van der Waals surface area contributed by atoms with Crippen LogP contribution in [-0.2, 0) is 0 Å². The minimum absolute atomic E-state index is 0.0364. The number of para-hydroxylation sites is 2. The maximum absolute atomic E-state index is 12.0. The monoisotopic (exact) mass is 248 g/mol. The molecule has 1 atom stereocenters. The van der Waals surface area contributed by atoms with E-state index in [4.69, 9.17) is 10.5 Å². The lowest BCUT2D eigenvalue weighted by molar-refractivity contribution is -0.153. The van der Waals surface area contributed by atoms with Gasteiger partial charge in [0.1, 0.15) is 5.75 Å². The van der Waals surface area contributed by atoms with Crippen LogP contribution >= 0.6 is 0 Å². The molecule has 0 saturated heterocycles. The fraction of sp³-hybridized carbons (Fsp3) is 0.455. The van der Waals surface area contributed by atoms with Crippen LogP contribution in [0.4, 0.5) is 18.9 Å². The van der Waals surface area contributed by atoms with Crippen molar-refractivity contribution in [1.29, 1.82) is 0 Å². The van der Waals surface area contributed by atoms with E-state index in [2.05, 4.69) is 5.32 Å². The van der Waals surface area contributed by atoms with Crippen LogP contribution in [0.15, 0.2) is 24.3 Å². The summed E-state index contributed by atoms with van der Waals surface area (Å²) in [6, 6.07) is 6.43. The van der Waals surface area contributed by atoms with E-state index in [1.165, 1.54) is 6.07 Å². The molecule has 0 aliphatic rings. The summed E-state index contributed by atoms with van der Waals surface area (Å²) in [5.74, 6) is 0.171. The second-order valence-electron chi connectivity index (χ2n) is 3.68. The first-order chi connectivity index (χ1) is 7.92. The first-order valence-electron chi connectivity index (χ1n) is 5.17. The third kappa shape index (κ3) is 4.95. The molecular weight excluding hydrogens is 233 g/mol. The van der Waals surface area contributed by atoms with E-state index in [0.717, 1.165) is 0 Å². The SMILES string of the molecule is CC(CN)Nc1ccccc1OCC(F)(F)F. The van der Waals surface area contributed by atoms with Gasteiger partial charge in [0, 0.05) is 12.6 Å². The average Bonchev–Trinajstić information content (AvgIpc) is 2.26. The highest BCUT2D eigenvalue weighted by Gasteiger charge is 2.28. The minimum Gasteiger partial charge on any atom is -0.482 e. The molecule has 0 saturated carbocycles. The zero-order chi connectivity index (χ0) is 12.9. The summed E-state index contributed by atoms with van der Waals surface area (Å²) < 4.78 is 40.8. The number of nitrogens with one attached hydrogen (secondary N) is 1. The molecule has 1 aromatic rings.